The molecule has 0 aromatic carbocycles. The number of carbonyl (C=O) groups is 2. The molecule has 0 bridgehead atoms. The average molecular weight is 1170 g/mol. The first-order chi connectivity index (χ1) is 41.0. The van der Waals surface area contributed by atoms with Crippen molar-refractivity contribution >= 4 is 11.9 Å². The maximum atomic E-state index is 12.5. The highest BCUT2D eigenvalue weighted by Crippen LogP contribution is 2.19. The zero-order valence-electron chi connectivity index (χ0n) is 55.9. The molecule has 6 heteroatoms. The van der Waals surface area contributed by atoms with Gasteiger partial charge in [-0.3, -0.25) is 9.59 Å². The Morgan fingerprint density at radius 3 is 0.940 bits per heavy atom. The number of nitrogens with one attached hydrogen (secondary N) is 1. The minimum atomic E-state index is -0.841. The molecule has 0 rings (SSSR count). The number of esters is 1. The summed E-state index contributed by atoms with van der Waals surface area (Å²) in [6.45, 7) is 4.90. The SMILES string of the molecule is CCCCCC/C=C\C/C=C\CCCCCCCC(=O)OCCCCCCCCCCCCCCCCCC/C=C\CCCCCCCCCCCCCCCCCCCC(=O)NC(CO)C(O)/C=C/CCCCCCCCCCCCC. The van der Waals surface area contributed by atoms with Crippen LogP contribution in [0.5, 0.6) is 0 Å². The lowest BCUT2D eigenvalue weighted by Crippen LogP contribution is -2.45. The zero-order valence-corrected chi connectivity index (χ0v) is 55.9. The smallest absolute Gasteiger partial charge is 0.305 e. The van der Waals surface area contributed by atoms with E-state index < -0.39 is 12.1 Å². The van der Waals surface area contributed by atoms with E-state index in [1.165, 1.54) is 327 Å². The highest BCUT2D eigenvalue weighted by Gasteiger charge is 2.18. The van der Waals surface area contributed by atoms with Gasteiger partial charge in [-0.1, -0.05) is 351 Å². The highest BCUT2D eigenvalue weighted by molar-refractivity contribution is 5.76. The van der Waals surface area contributed by atoms with Crippen molar-refractivity contribution in [3.63, 3.8) is 0 Å². The van der Waals surface area contributed by atoms with Crippen LogP contribution in [0, 0.1) is 0 Å². The first-order valence-electron chi connectivity index (χ1n) is 37.4. The number of amides is 1. The van der Waals surface area contributed by atoms with E-state index in [1.807, 2.05) is 6.08 Å². The van der Waals surface area contributed by atoms with Crippen LogP contribution in [0.15, 0.2) is 48.6 Å². The number of unbranched alkanes of at least 4 members (excludes halogenated alkanes) is 53. The topological polar surface area (TPSA) is 95.9 Å². The Kier molecular flexibility index (Phi) is 70.4. The van der Waals surface area contributed by atoms with Crippen molar-refractivity contribution in [1.29, 1.82) is 0 Å². The van der Waals surface area contributed by atoms with Gasteiger partial charge in [-0.2, -0.15) is 0 Å². The van der Waals surface area contributed by atoms with Crippen LogP contribution >= 0.6 is 0 Å². The molecule has 0 spiro atoms. The Bertz CT molecular complexity index is 1390. The quantitative estimate of drug-likeness (QED) is 0.0320. The van der Waals surface area contributed by atoms with Crippen LogP contribution in [0.1, 0.15) is 406 Å². The van der Waals surface area contributed by atoms with Crippen LogP contribution in [0.4, 0.5) is 0 Å². The van der Waals surface area contributed by atoms with Crippen LogP contribution in [-0.2, 0) is 14.3 Å². The Morgan fingerprint density at radius 2 is 0.602 bits per heavy atom. The predicted octanol–water partition coefficient (Wildman–Crippen LogP) is 24.4. The highest BCUT2D eigenvalue weighted by atomic mass is 16.5. The van der Waals surface area contributed by atoms with Gasteiger partial charge in [0.25, 0.3) is 0 Å². The van der Waals surface area contributed by atoms with Gasteiger partial charge in [-0.05, 0) is 89.9 Å². The average Bonchev–Trinajstić information content (AvgIpc) is 3.49. The molecule has 6 nitrogen and oxygen atoms in total. The number of aliphatic hydroxyl groups excluding tert-OH is 2. The van der Waals surface area contributed by atoms with Crippen LogP contribution < -0.4 is 5.32 Å². The van der Waals surface area contributed by atoms with E-state index in [-0.39, 0.29) is 18.5 Å². The van der Waals surface area contributed by atoms with Crippen molar-refractivity contribution in [2.45, 2.75) is 418 Å². The summed E-state index contributed by atoms with van der Waals surface area (Å²) >= 11 is 0. The van der Waals surface area contributed by atoms with Crippen molar-refractivity contribution in [2.75, 3.05) is 13.2 Å². The maximum absolute atomic E-state index is 12.5. The Labute approximate surface area is 518 Å². The molecular formula is C77H145NO5. The molecule has 0 aromatic heterocycles. The molecule has 1 amide bonds. The lowest BCUT2D eigenvalue weighted by Gasteiger charge is -2.20. The molecule has 0 saturated heterocycles. The molecule has 0 aliphatic rings. The van der Waals surface area contributed by atoms with Crippen molar-refractivity contribution in [2.24, 2.45) is 0 Å². The van der Waals surface area contributed by atoms with Gasteiger partial charge in [0.2, 0.25) is 5.91 Å². The fourth-order valence-electron chi connectivity index (χ4n) is 11.6. The molecule has 3 N–H and O–H groups in total. The lowest BCUT2D eigenvalue weighted by molar-refractivity contribution is -0.143. The number of allylic oxidation sites excluding steroid dienone is 7. The molecule has 2 unspecified atom stereocenters. The van der Waals surface area contributed by atoms with Crippen LogP contribution in [-0.4, -0.2) is 47.4 Å². The molecule has 0 heterocycles. The van der Waals surface area contributed by atoms with Gasteiger partial charge in [0.1, 0.15) is 0 Å². The van der Waals surface area contributed by atoms with Crippen molar-refractivity contribution in [3.05, 3.63) is 48.6 Å². The van der Waals surface area contributed by atoms with E-state index in [1.54, 1.807) is 6.08 Å². The first kappa shape index (κ1) is 80.8. The largest absolute Gasteiger partial charge is 0.466 e. The molecule has 488 valence electrons. The third kappa shape index (κ3) is 68.8. The van der Waals surface area contributed by atoms with Crippen LogP contribution in [0.2, 0.25) is 0 Å². The second-order valence-electron chi connectivity index (χ2n) is 25.6. The van der Waals surface area contributed by atoms with Crippen LogP contribution in [0.25, 0.3) is 0 Å². The summed E-state index contributed by atoms with van der Waals surface area (Å²) in [4.78, 5) is 24.6. The van der Waals surface area contributed by atoms with E-state index in [2.05, 4.69) is 55.6 Å². The Hall–Kier alpha value is -2.18. The van der Waals surface area contributed by atoms with Gasteiger partial charge in [-0.15, -0.1) is 0 Å². The van der Waals surface area contributed by atoms with Crippen LogP contribution in [0.3, 0.4) is 0 Å². The second kappa shape index (κ2) is 72.3. The summed E-state index contributed by atoms with van der Waals surface area (Å²) in [7, 11) is 0. The summed E-state index contributed by atoms with van der Waals surface area (Å²) in [5, 5.41) is 23.1. The standard InChI is InChI=1S/C77H145NO5/c1-3-5-7-9-11-13-15-17-18-43-47-51-55-59-63-67-71-77(82)83-72-68-64-60-56-52-48-44-41-39-37-35-33-31-29-27-25-23-21-19-20-22-24-26-28-30-32-34-36-38-40-42-46-50-54-58-62-66-70-76(81)78-74(73-79)75(80)69-65-61-57-53-49-45-16-14-12-10-8-6-4-2/h13,15,18-19,21,43,65,69,74-75,79-80H,3-12,14,16-17,20,22-42,44-64,66-68,70-73H2,1-2H3,(H,78,81)/b15-13-,21-19-,43-18-,69-65+. The van der Waals surface area contributed by atoms with E-state index in [9.17, 15) is 19.8 Å². The fraction of sp³-hybridized carbons (Fsp3) is 0.870. The third-order valence-corrected chi connectivity index (χ3v) is 17.3. The molecule has 0 aliphatic carbocycles. The first-order valence-corrected chi connectivity index (χ1v) is 37.4. The van der Waals surface area contributed by atoms with Crippen molar-refractivity contribution < 1.29 is 24.5 Å². The normalized spacial score (nSPS) is 12.8. The number of ether oxygens (including phenoxy) is 1. The minimum Gasteiger partial charge on any atom is -0.466 e. The summed E-state index contributed by atoms with van der Waals surface area (Å²) in [5.74, 6) is -0.0549. The van der Waals surface area contributed by atoms with E-state index in [0.29, 0.717) is 19.4 Å². The van der Waals surface area contributed by atoms with E-state index in [4.69, 9.17) is 4.74 Å². The van der Waals surface area contributed by atoms with Gasteiger partial charge in [0.05, 0.1) is 25.4 Å². The van der Waals surface area contributed by atoms with Gasteiger partial charge in [0.15, 0.2) is 0 Å². The molecule has 0 fully saturated rings. The van der Waals surface area contributed by atoms with Gasteiger partial charge in [0, 0.05) is 12.8 Å². The number of rotatable bonds is 70. The predicted molar refractivity (Wildman–Crippen MR) is 366 cm³/mol. The van der Waals surface area contributed by atoms with E-state index in [0.717, 1.165) is 51.4 Å². The monoisotopic (exact) mass is 1160 g/mol. The molecular weight excluding hydrogens is 1020 g/mol. The molecule has 0 saturated carbocycles. The van der Waals surface area contributed by atoms with Crippen molar-refractivity contribution in [1.82, 2.24) is 5.32 Å². The molecule has 0 aliphatic heterocycles. The number of hydrogen-bond donors (Lipinski definition) is 3. The number of carbonyl (C=O) groups excluding carboxylic acids is 2. The summed E-state index contributed by atoms with van der Waals surface area (Å²) < 4.78 is 5.50. The summed E-state index contributed by atoms with van der Waals surface area (Å²) in [6.07, 6.45) is 95.1. The van der Waals surface area contributed by atoms with Gasteiger partial charge >= 0.3 is 5.97 Å². The molecule has 83 heavy (non-hydrogen) atoms. The number of hydrogen-bond acceptors (Lipinski definition) is 5. The zero-order chi connectivity index (χ0) is 59.9. The Morgan fingerprint density at radius 1 is 0.337 bits per heavy atom. The second-order valence-corrected chi connectivity index (χ2v) is 25.6. The number of aliphatic hydroxyl groups is 2. The van der Waals surface area contributed by atoms with Gasteiger partial charge < -0.3 is 20.3 Å². The van der Waals surface area contributed by atoms with Crippen molar-refractivity contribution in [3.8, 4) is 0 Å². The maximum Gasteiger partial charge on any atom is 0.305 e. The summed E-state index contributed by atoms with van der Waals surface area (Å²) in [5.41, 5.74) is 0. The minimum absolute atomic E-state index is 0.00789. The molecule has 0 aromatic rings. The Balaban J connectivity index is 3.34. The molecule has 2 atom stereocenters. The fourth-order valence-corrected chi connectivity index (χ4v) is 11.6. The van der Waals surface area contributed by atoms with E-state index >= 15 is 0 Å². The summed E-state index contributed by atoms with van der Waals surface area (Å²) in [6, 6.07) is -0.624. The van der Waals surface area contributed by atoms with Gasteiger partial charge in [-0.25, -0.2) is 0 Å². The third-order valence-electron chi connectivity index (χ3n) is 17.3. The molecule has 0 radical (unpaired) electrons. The lowest BCUT2D eigenvalue weighted by atomic mass is 10.0.